The second-order valence-electron chi connectivity index (χ2n) is 4.55. The van der Waals surface area contributed by atoms with Crippen molar-refractivity contribution in [3.63, 3.8) is 0 Å². The fourth-order valence-electron chi connectivity index (χ4n) is 2.08. The smallest absolute Gasteiger partial charge is 0.268 e. The van der Waals surface area contributed by atoms with E-state index in [1.165, 1.54) is 24.3 Å². The number of hydrogen-bond acceptors (Lipinski definition) is 5. The topological polar surface area (TPSA) is 95.1 Å². The Bertz CT molecular complexity index is 945. The number of nitro groups is 1. The molecule has 0 aliphatic heterocycles. The quantitative estimate of drug-likeness (QED) is 0.532. The van der Waals surface area contributed by atoms with Crippen molar-refractivity contribution in [3.05, 3.63) is 80.9 Å². The number of carbonyl (C=O) groups excluding carboxylic acids is 1. The van der Waals surface area contributed by atoms with Crippen molar-refractivity contribution >= 4 is 22.5 Å². The van der Waals surface area contributed by atoms with Crippen LogP contribution in [0.15, 0.2) is 59.7 Å². The average Bonchev–Trinajstić information content (AvgIpc) is 2.55. The van der Waals surface area contributed by atoms with Crippen molar-refractivity contribution in [1.82, 2.24) is 9.55 Å². The van der Waals surface area contributed by atoms with E-state index in [1.807, 2.05) is 0 Å². The van der Waals surface area contributed by atoms with E-state index in [0.717, 1.165) is 10.9 Å². The summed E-state index contributed by atoms with van der Waals surface area (Å²) in [6.07, 6.45) is 1.16. The largest absolute Gasteiger partial charge is 0.269 e. The Kier molecular flexibility index (Phi) is 3.23. The molecule has 2 aromatic carbocycles. The second kappa shape index (κ2) is 5.21. The van der Waals surface area contributed by atoms with E-state index < -0.39 is 16.4 Å². The van der Waals surface area contributed by atoms with Crippen molar-refractivity contribution in [1.29, 1.82) is 0 Å². The maximum absolute atomic E-state index is 12.3. The zero-order chi connectivity index (χ0) is 15.7. The molecule has 108 valence electrons. The van der Waals surface area contributed by atoms with Gasteiger partial charge in [-0.05, 0) is 24.3 Å². The van der Waals surface area contributed by atoms with Crippen LogP contribution in [0.4, 0.5) is 5.69 Å². The third-order valence-electron chi connectivity index (χ3n) is 3.21. The molecule has 1 heterocycles. The first kappa shape index (κ1) is 13.6. The Morgan fingerprint density at radius 2 is 1.77 bits per heavy atom. The Balaban J connectivity index is 2.07. The molecule has 0 atom stereocenters. The monoisotopic (exact) mass is 295 g/mol. The molecule has 3 aromatic rings. The minimum Gasteiger partial charge on any atom is -0.268 e. The van der Waals surface area contributed by atoms with Gasteiger partial charge in [-0.15, -0.1) is 0 Å². The van der Waals surface area contributed by atoms with Gasteiger partial charge in [0, 0.05) is 17.7 Å². The number of fused-ring (bicyclic) bond motifs is 1. The van der Waals surface area contributed by atoms with Crippen LogP contribution in [0.3, 0.4) is 0 Å². The van der Waals surface area contributed by atoms with Crippen LogP contribution in [0.1, 0.15) is 10.4 Å². The van der Waals surface area contributed by atoms with Gasteiger partial charge < -0.3 is 0 Å². The summed E-state index contributed by atoms with van der Waals surface area (Å²) in [7, 11) is 0. The summed E-state index contributed by atoms with van der Waals surface area (Å²) in [6, 6.07) is 11.7. The highest BCUT2D eigenvalue weighted by Crippen LogP contribution is 2.13. The molecule has 0 aliphatic rings. The van der Waals surface area contributed by atoms with Crippen LogP contribution in [-0.2, 0) is 0 Å². The highest BCUT2D eigenvalue weighted by atomic mass is 16.6. The van der Waals surface area contributed by atoms with E-state index in [-0.39, 0.29) is 11.3 Å². The standard InChI is InChI=1S/C15H9N3O4/c19-14(10-5-7-11(8-6-10)18(21)22)17-9-16-13-4-2-1-3-12(13)15(17)20/h1-9H. The summed E-state index contributed by atoms with van der Waals surface area (Å²) in [5.41, 5.74) is 0.0690. The number of nitrogens with zero attached hydrogens (tertiary/aromatic N) is 3. The lowest BCUT2D eigenvalue weighted by Gasteiger charge is -2.05. The zero-order valence-electron chi connectivity index (χ0n) is 11.2. The molecule has 0 aliphatic carbocycles. The van der Waals surface area contributed by atoms with E-state index in [4.69, 9.17) is 0 Å². The first-order valence-electron chi connectivity index (χ1n) is 6.33. The SMILES string of the molecule is O=C(c1ccc([N+](=O)[O-])cc1)n1cnc2ccccc2c1=O. The lowest BCUT2D eigenvalue weighted by molar-refractivity contribution is -0.384. The fourth-order valence-corrected chi connectivity index (χ4v) is 2.08. The van der Waals surface area contributed by atoms with Crippen LogP contribution >= 0.6 is 0 Å². The summed E-state index contributed by atoms with van der Waals surface area (Å²) >= 11 is 0. The Morgan fingerprint density at radius 3 is 2.45 bits per heavy atom. The van der Waals surface area contributed by atoms with Gasteiger partial charge in [0.15, 0.2) is 0 Å². The van der Waals surface area contributed by atoms with Crippen LogP contribution in [0, 0.1) is 10.1 Å². The van der Waals surface area contributed by atoms with Crippen molar-refractivity contribution in [2.45, 2.75) is 0 Å². The normalized spacial score (nSPS) is 10.5. The molecule has 0 radical (unpaired) electrons. The van der Waals surface area contributed by atoms with Crippen molar-refractivity contribution in [2.24, 2.45) is 0 Å². The molecule has 0 N–H and O–H groups in total. The third-order valence-corrected chi connectivity index (χ3v) is 3.21. The molecule has 0 unspecified atom stereocenters. The van der Waals surface area contributed by atoms with E-state index in [2.05, 4.69) is 4.98 Å². The molecule has 1 aromatic heterocycles. The first-order chi connectivity index (χ1) is 10.6. The summed E-state index contributed by atoms with van der Waals surface area (Å²) < 4.78 is 0.892. The minimum atomic E-state index is -0.585. The number of para-hydroxylation sites is 1. The lowest BCUT2D eigenvalue weighted by atomic mass is 10.2. The Morgan fingerprint density at radius 1 is 1.09 bits per heavy atom. The number of rotatable bonds is 2. The molecule has 3 rings (SSSR count). The molecule has 0 amide bonds. The van der Waals surface area contributed by atoms with E-state index in [0.29, 0.717) is 10.9 Å². The highest BCUT2D eigenvalue weighted by Gasteiger charge is 2.14. The summed E-state index contributed by atoms with van der Waals surface area (Å²) in [6.45, 7) is 0. The summed E-state index contributed by atoms with van der Waals surface area (Å²) in [5, 5.41) is 10.9. The summed E-state index contributed by atoms with van der Waals surface area (Å²) in [4.78, 5) is 38.8. The van der Waals surface area contributed by atoms with E-state index in [9.17, 15) is 19.7 Å². The first-order valence-corrected chi connectivity index (χ1v) is 6.33. The molecule has 7 nitrogen and oxygen atoms in total. The van der Waals surface area contributed by atoms with Gasteiger partial charge >= 0.3 is 0 Å². The molecule has 0 fully saturated rings. The van der Waals surface area contributed by atoms with Crippen molar-refractivity contribution in [2.75, 3.05) is 0 Å². The zero-order valence-corrected chi connectivity index (χ0v) is 11.2. The molecule has 0 spiro atoms. The number of aromatic nitrogens is 2. The van der Waals surface area contributed by atoms with Crippen LogP contribution in [0.5, 0.6) is 0 Å². The number of hydrogen-bond donors (Lipinski definition) is 0. The maximum Gasteiger partial charge on any atom is 0.269 e. The molecule has 0 saturated carbocycles. The minimum absolute atomic E-state index is 0.125. The van der Waals surface area contributed by atoms with Gasteiger partial charge in [-0.1, -0.05) is 12.1 Å². The van der Waals surface area contributed by atoms with Gasteiger partial charge in [0.25, 0.3) is 17.2 Å². The Hall–Kier alpha value is -3.35. The highest BCUT2D eigenvalue weighted by molar-refractivity contribution is 5.97. The average molecular weight is 295 g/mol. The van der Waals surface area contributed by atoms with Gasteiger partial charge in [-0.25, -0.2) is 9.55 Å². The third kappa shape index (κ3) is 2.24. The molecular formula is C15H9N3O4. The van der Waals surface area contributed by atoms with Crippen LogP contribution in [0.25, 0.3) is 10.9 Å². The van der Waals surface area contributed by atoms with Crippen LogP contribution in [-0.4, -0.2) is 20.4 Å². The Labute approximate surface area is 123 Å². The number of benzene rings is 2. The van der Waals surface area contributed by atoms with E-state index >= 15 is 0 Å². The molecular weight excluding hydrogens is 286 g/mol. The number of nitro benzene ring substituents is 1. The van der Waals surface area contributed by atoms with Crippen LogP contribution < -0.4 is 5.56 Å². The van der Waals surface area contributed by atoms with Gasteiger partial charge in [-0.2, -0.15) is 0 Å². The molecule has 0 bridgehead atoms. The predicted molar refractivity (Wildman–Crippen MR) is 78.8 cm³/mol. The number of non-ortho nitro benzene ring substituents is 1. The van der Waals surface area contributed by atoms with Crippen molar-refractivity contribution in [3.8, 4) is 0 Å². The second-order valence-corrected chi connectivity index (χ2v) is 4.55. The maximum atomic E-state index is 12.3. The predicted octanol–water partition coefficient (Wildman–Crippen LogP) is 1.99. The lowest BCUT2D eigenvalue weighted by Crippen LogP contribution is -2.27. The van der Waals surface area contributed by atoms with Gasteiger partial charge in [0.05, 0.1) is 15.8 Å². The molecule has 22 heavy (non-hydrogen) atoms. The van der Waals surface area contributed by atoms with Gasteiger partial charge in [-0.3, -0.25) is 19.7 Å². The molecule has 7 heteroatoms. The van der Waals surface area contributed by atoms with Crippen LogP contribution in [0.2, 0.25) is 0 Å². The number of carbonyl (C=O) groups is 1. The van der Waals surface area contributed by atoms with Crippen molar-refractivity contribution < 1.29 is 9.72 Å². The van der Waals surface area contributed by atoms with E-state index in [1.54, 1.807) is 24.3 Å². The summed E-state index contributed by atoms with van der Waals surface area (Å²) in [5.74, 6) is -0.585. The fraction of sp³-hybridized carbons (Fsp3) is 0. The molecule has 0 saturated heterocycles. The van der Waals surface area contributed by atoms with Gasteiger partial charge in [0.2, 0.25) is 0 Å². The van der Waals surface area contributed by atoms with Gasteiger partial charge in [0.1, 0.15) is 6.33 Å².